The molecule has 7 heteroatoms. The second-order valence-electron chi connectivity index (χ2n) is 6.89. The number of carbonyl (C=O) groups is 1. The Kier molecular flexibility index (Phi) is 4.39. The van der Waals surface area contributed by atoms with Gasteiger partial charge in [-0.05, 0) is 13.8 Å². The number of alkyl halides is 1. The van der Waals surface area contributed by atoms with E-state index in [1.807, 2.05) is 6.92 Å². The molecule has 3 rings (SSSR count). The summed E-state index contributed by atoms with van der Waals surface area (Å²) < 4.78 is 16.5. The van der Waals surface area contributed by atoms with Crippen LogP contribution in [0.4, 0.5) is 4.39 Å². The number of aromatic nitrogens is 3. The summed E-state index contributed by atoms with van der Waals surface area (Å²) in [5.41, 5.74) is 0.639. The van der Waals surface area contributed by atoms with Crippen molar-refractivity contribution in [2.75, 3.05) is 13.1 Å². The summed E-state index contributed by atoms with van der Waals surface area (Å²) in [5, 5.41) is 0. The number of imidazole rings is 1. The Bertz CT molecular complexity index is 989. The van der Waals surface area contributed by atoms with Crippen LogP contribution in [-0.2, 0) is 11.3 Å². The number of allylic oxidation sites excluding steroid dienone is 4. The van der Waals surface area contributed by atoms with Crippen LogP contribution in [0.25, 0.3) is 11.1 Å². The van der Waals surface area contributed by atoms with Gasteiger partial charge in [0.2, 0.25) is 5.91 Å². The molecule has 0 bridgehead atoms. The quantitative estimate of drug-likeness (QED) is 0.772. The summed E-state index contributed by atoms with van der Waals surface area (Å²) in [5.74, 6) is -0.283. The van der Waals surface area contributed by atoms with Gasteiger partial charge in [0, 0.05) is 18.0 Å². The zero-order chi connectivity index (χ0) is 19.1. The Morgan fingerprint density at radius 2 is 2.12 bits per heavy atom. The molecule has 1 fully saturated rings. The molecule has 0 atom stereocenters. The molecule has 2 aromatic rings. The lowest BCUT2D eigenvalue weighted by Crippen LogP contribution is -2.60. The highest BCUT2D eigenvalue weighted by Crippen LogP contribution is 2.24. The van der Waals surface area contributed by atoms with E-state index in [1.54, 1.807) is 22.7 Å². The van der Waals surface area contributed by atoms with E-state index in [0.717, 1.165) is 5.57 Å². The molecule has 1 amide bonds. The predicted molar refractivity (Wildman–Crippen MR) is 98.5 cm³/mol. The molecule has 2 aromatic heterocycles. The Balaban J connectivity index is 1.97. The lowest BCUT2D eigenvalue weighted by atomic mass is 9.99. The van der Waals surface area contributed by atoms with Gasteiger partial charge in [-0.25, -0.2) is 9.37 Å². The summed E-state index contributed by atoms with van der Waals surface area (Å²) in [6, 6.07) is 0. The number of hydrogen-bond donors (Lipinski definition) is 0. The van der Waals surface area contributed by atoms with Crippen LogP contribution in [0, 0.1) is 0 Å². The maximum atomic E-state index is 13.6. The van der Waals surface area contributed by atoms with Crippen molar-refractivity contribution in [3.05, 3.63) is 65.7 Å². The van der Waals surface area contributed by atoms with Crippen LogP contribution in [0.2, 0.25) is 0 Å². The summed E-state index contributed by atoms with van der Waals surface area (Å²) in [6.45, 7) is 10.9. The average molecular weight is 356 g/mol. The summed E-state index contributed by atoms with van der Waals surface area (Å²) in [7, 11) is 0. The Morgan fingerprint density at radius 3 is 2.69 bits per heavy atom. The van der Waals surface area contributed by atoms with Crippen molar-refractivity contribution in [3.8, 4) is 0 Å². The largest absolute Gasteiger partial charge is 0.335 e. The number of fused-ring (bicyclic) bond motifs is 1. The molecule has 0 saturated carbocycles. The maximum absolute atomic E-state index is 13.6. The monoisotopic (exact) mass is 356 g/mol. The third-order valence-corrected chi connectivity index (χ3v) is 4.26. The average Bonchev–Trinajstić information content (AvgIpc) is 2.97. The number of likely N-dealkylation sites (tertiary alicyclic amines) is 1. The fourth-order valence-electron chi connectivity index (χ4n) is 3.04. The summed E-state index contributed by atoms with van der Waals surface area (Å²) >= 11 is 0. The Morgan fingerprint density at radius 1 is 1.42 bits per heavy atom. The van der Waals surface area contributed by atoms with Crippen LogP contribution in [0.3, 0.4) is 0 Å². The molecule has 6 nitrogen and oxygen atoms in total. The maximum Gasteiger partial charge on any atom is 0.277 e. The molecule has 0 aromatic carbocycles. The number of carbonyl (C=O) groups excluding carboxylic acids is 1. The van der Waals surface area contributed by atoms with E-state index < -0.39 is 5.67 Å². The van der Waals surface area contributed by atoms with Gasteiger partial charge in [-0.2, -0.15) is 0 Å². The van der Waals surface area contributed by atoms with Crippen molar-refractivity contribution in [2.24, 2.45) is 0 Å². The fraction of sp³-hybridized carbons (Fsp3) is 0.316. The minimum atomic E-state index is -1.34. The summed E-state index contributed by atoms with van der Waals surface area (Å²) in [6.07, 6.45) is 8.14. The first kappa shape index (κ1) is 17.8. The van der Waals surface area contributed by atoms with Crippen molar-refractivity contribution in [1.29, 1.82) is 0 Å². The van der Waals surface area contributed by atoms with Gasteiger partial charge in [-0.15, -0.1) is 0 Å². The highest BCUT2D eigenvalue weighted by Gasteiger charge is 2.41. The Hall–Kier alpha value is -2.96. The third-order valence-electron chi connectivity index (χ3n) is 4.26. The van der Waals surface area contributed by atoms with Crippen molar-refractivity contribution in [2.45, 2.75) is 26.1 Å². The highest BCUT2D eigenvalue weighted by atomic mass is 19.1. The van der Waals surface area contributed by atoms with Crippen molar-refractivity contribution in [1.82, 2.24) is 18.9 Å². The van der Waals surface area contributed by atoms with Crippen molar-refractivity contribution in [3.63, 3.8) is 0 Å². The lowest BCUT2D eigenvalue weighted by Gasteiger charge is -2.42. The molecule has 0 N–H and O–H groups in total. The predicted octanol–water partition coefficient (Wildman–Crippen LogP) is 2.21. The van der Waals surface area contributed by atoms with Crippen LogP contribution >= 0.6 is 0 Å². The van der Waals surface area contributed by atoms with E-state index in [2.05, 4.69) is 18.1 Å². The molecule has 26 heavy (non-hydrogen) atoms. The van der Waals surface area contributed by atoms with E-state index in [1.165, 1.54) is 28.9 Å². The number of halogens is 1. The van der Waals surface area contributed by atoms with Gasteiger partial charge in [0.05, 0.1) is 13.1 Å². The first-order valence-electron chi connectivity index (χ1n) is 8.24. The van der Waals surface area contributed by atoms with E-state index in [4.69, 9.17) is 0 Å². The molecule has 0 radical (unpaired) electrons. The minimum absolute atomic E-state index is 0.0583. The molecule has 1 aliphatic rings. The zero-order valence-electron chi connectivity index (χ0n) is 14.9. The Labute approximate surface area is 150 Å². The molecular weight excluding hydrogens is 335 g/mol. The molecule has 0 aliphatic carbocycles. The van der Waals surface area contributed by atoms with E-state index in [9.17, 15) is 14.0 Å². The van der Waals surface area contributed by atoms with Crippen LogP contribution in [0.1, 0.15) is 19.5 Å². The highest BCUT2D eigenvalue weighted by molar-refractivity contribution is 5.82. The van der Waals surface area contributed by atoms with E-state index in [-0.39, 0.29) is 31.1 Å². The van der Waals surface area contributed by atoms with Crippen molar-refractivity contribution < 1.29 is 9.18 Å². The van der Waals surface area contributed by atoms with Gasteiger partial charge in [0.15, 0.2) is 0 Å². The standard InChI is InChI=1S/C19H21FN4O2/c1-5-14(8-13(2)3)16-17-18(26)22(6-7-23(17)12-21-16)9-15(25)24-10-19(4,20)11-24/h5-8,12H,1-2,9-11H2,3-4H3/b14-8+. The van der Waals surface area contributed by atoms with Crippen LogP contribution in [0.15, 0.2) is 54.4 Å². The molecule has 136 valence electrons. The number of nitrogens with zero attached hydrogens (tertiary/aromatic N) is 4. The molecule has 0 unspecified atom stereocenters. The van der Waals surface area contributed by atoms with Gasteiger partial charge in [-0.3, -0.25) is 14.0 Å². The topological polar surface area (TPSA) is 59.6 Å². The molecule has 3 heterocycles. The summed E-state index contributed by atoms with van der Waals surface area (Å²) in [4.78, 5) is 30.9. The van der Waals surface area contributed by atoms with Gasteiger partial charge < -0.3 is 9.47 Å². The first-order valence-corrected chi connectivity index (χ1v) is 8.24. The second-order valence-corrected chi connectivity index (χ2v) is 6.89. The van der Waals surface area contributed by atoms with Gasteiger partial charge in [-0.1, -0.05) is 30.9 Å². The molecular formula is C19H21FN4O2. The number of rotatable bonds is 5. The molecule has 0 spiro atoms. The number of hydrogen-bond acceptors (Lipinski definition) is 3. The van der Waals surface area contributed by atoms with E-state index >= 15 is 0 Å². The minimum Gasteiger partial charge on any atom is -0.335 e. The van der Waals surface area contributed by atoms with Crippen LogP contribution < -0.4 is 5.56 Å². The van der Waals surface area contributed by atoms with Crippen LogP contribution in [0.5, 0.6) is 0 Å². The normalized spacial score (nSPS) is 16.4. The lowest BCUT2D eigenvalue weighted by molar-refractivity contribution is -0.144. The fourth-order valence-corrected chi connectivity index (χ4v) is 3.04. The second kappa shape index (κ2) is 6.40. The third kappa shape index (κ3) is 3.24. The van der Waals surface area contributed by atoms with Crippen molar-refractivity contribution >= 4 is 17.0 Å². The van der Waals surface area contributed by atoms with Gasteiger partial charge in [0.1, 0.15) is 29.8 Å². The smallest absolute Gasteiger partial charge is 0.277 e. The zero-order valence-corrected chi connectivity index (χ0v) is 14.9. The van der Waals surface area contributed by atoms with Gasteiger partial charge >= 0.3 is 0 Å². The molecule has 1 aliphatic heterocycles. The van der Waals surface area contributed by atoms with Gasteiger partial charge in [0.25, 0.3) is 5.56 Å². The molecule has 1 saturated heterocycles. The SMILES string of the molecule is C=C/C(=C\C(=C)C)c1ncn2ccn(CC(=O)N3CC(C)(F)C3)c(=O)c12. The first-order chi connectivity index (χ1) is 12.2. The van der Waals surface area contributed by atoms with Crippen LogP contribution in [-0.4, -0.2) is 43.5 Å². The van der Waals surface area contributed by atoms with E-state index in [0.29, 0.717) is 16.8 Å². The number of amides is 1.